The van der Waals surface area contributed by atoms with Crippen molar-refractivity contribution in [1.82, 2.24) is 0 Å². The van der Waals surface area contributed by atoms with Gasteiger partial charge in [0.2, 0.25) is 0 Å². The Balaban J connectivity index is 3.22. The van der Waals surface area contributed by atoms with Gasteiger partial charge in [0, 0.05) is 0 Å². The van der Waals surface area contributed by atoms with Crippen molar-refractivity contribution in [2.24, 2.45) is 0 Å². The second kappa shape index (κ2) is 3.44. The van der Waals surface area contributed by atoms with Gasteiger partial charge < -0.3 is 0 Å². The van der Waals surface area contributed by atoms with Crippen LogP contribution in [0.4, 0.5) is 4.39 Å². The highest BCUT2D eigenvalue weighted by atomic mass is 35.5. The number of hydrogen-bond donors (Lipinski definition) is 0. The first-order valence-electron chi connectivity index (χ1n) is 1.32. The Kier molecular flexibility index (Phi) is 3.58. The van der Waals surface area contributed by atoms with E-state index in [1.165, 1.54) is 0 Å². The van der Waals surface area contributed by atoms with Crippen molar-refractivity contribution < 1.29 is 4.39 Å². The largest absolute Gasteiger partial charge is 0.214 e. The van der Waals surface area contributed by atoms with Crippen LogP contribution in [0.2, 0.25) is 0 Å². The van der Waals surface area contributed by atoms with Gasteiger partial charge >= 0.3 is 0 Å². The average Bonchev–Trinajstić information content (AvgIpc) is 1.65. The highest BCUT2D eigenvalue weighted by Gasteiger charge is 1.81. The molecule has 0 aromatic heterocycles. The highest BCUT2D eigenvalue weighted by molar-refractivity contribution is 6.35. The maximum Gasteiger partial charge on any atom is 0.102 e. The van der Waals surface area contributed by atoms with Crippen molar-refractivity contribution in [3.8, 4) is 0 Å². The van der Waals surface area contributed by atoms with Gasteiger partial charge in [0.1, 0.15) is 6.33 Å². The first-order chi connectivity index (χ1) is 2.81. The van der Waals surface area contributed by atoms with Crippen LogP contribution in [0.15, 0.2) is 11.4 Å². The Morgan fingerprint density at radius 2 is 2.33 bits per heavy atom. The number of halogens is 3. The summed E-state index contributed by atoms with van der Waals surface area (Å²) in [4.78, 5) is 0. The van der Waals surface area contributed by atoms with Crippen LogP contribution in [0.3, 0.4) is 0 Å². The lowest BCUT2D eigenvalue weighted by Gasteiger charge is -1.76. The molecule has 0 aliphatic heterocycles. The summed E-state index contributed by atoms with van der Waals surface area (Å²) in [6, 6.07) is 0. The lowest BCUT2D eigenvalue weighted by atomic mass is 10.7. The van der Waals surface area contributed by atoms with E-state index < -0.39 is 0 Å². The second-order valence-electron chi connectivity index (χ2n) is 0.690. The molecule has 0 atom stereocenters. The molecule has 0 fully saturated rings. The fourth-order valence-corrected chi connectivity index (χ4v) is 0.0875. The number of rotatable bonds is 1. The van der Waals surface area contributed by atoms with Crippen LogP contribution < -0.4 is 0 Å². The zero-order valence-electron chi connectivity index (χ0n) is 2.92. The van der Waals surface area contributed by atoms with Crippen LogP contribution in [-0.2, 0) is 0 Å². The summed E-state index contributed by atoms with van der Waals surface area (Å²) in [5, 5.41) is 0.0386. The molecule has 0 aromatic rings. The maximum absolute atomic E-state index is 11.0. The van der Waals surface area contributed by atoms with Gasteiger partial charge in [-0.3, -0.25) is 0 Å². The molecule has 0 N–H and O–H groups in total. The predicted octanol–water partition coefficient (Wildman–Crippen LogP) is 2.27. The molecule has 0 aliphatic rings. The molecule has 0 aliphatic carbocycles. The molecule has 0 aromatic carbocycles. The molecule has 0 radical (unpaired) electrons. The third-order valence-electron chi connectivity index (χ3n) is 0.246. The van der Waals surface area contributed by atoms with Gasteiger partial charge in [-0.05, 0) is 0 Å². The predicted molar refractivity (Wildman–Crippen MR) is 25.8 cm³/mol. The highest BCUT2D eigenvalue weighted by Crippen LogP contribution is 2.01. The van der Waals surface area contributed by atoms with E-state index in [0.29, 0.717) is 0 Å². The molecule has 3 heteroatoms. The Bertz CT molecular complexity index is 59.8. The Morgan fingerprint density at radius 3 is 2.33 bits per heavy atom. The van der Waals surface area contributed by atoms with E-state index in [1.54, 1.807) is 0 Å². The molecular formula is C3H3Cl2F. The molecule has 6 heavy (non-hydrogen) atoms. The van der Waals surface area contributed by atoms with E-state index in [2.05, 4.69) is 0 Å². The molecule has 36 valence electrons. The van der Waals surface area contributed by atoms with Gasteiger partial charge in [0.25, 0.3) is 0 Å². The van der Waals surface area contributed by atoms with E-state index in [9.17, 15) is 4.39 Å². The van der Waals surface area contributed by atoms with Crippen molar-refractivity contribution in [3.05, 3.63) is 11.4 Å². The van der Waals surface area contributed by atoms with Crippen molar-refractivity contribution in [1.29, 1.82) is 0 Å². The summed E-state index contributed by atoms with van der Waals surface area (Å²) < 4.78 is 11.0. The summed E-state index contributed by atoms with van der Waals surface area (Å²) in [5.41, 5.74) is 0. The normalized spacial score (nSPS) is 12.2. The summed E-state index contributed by atoms with van der Waals surface area (Å²) in [6.07, 6.45) is 0.272. The van der Waals surface area contributed by atoms with E-state index >= 15 is 0 Å². The monoisotopic (exact) mass is 128 g/mol. The van der Waals surface area contributed by atoms with Crippen molar-refractivity contribution in [2.45, 2.75) is 0 Å². The SMILES string of the molecule is F/C=C(/Cl)CCl. The number of hydrogen-bond acceptors (Lipinski definition) is 0. The fourth-order valence-electron chi connectivity index (χ4n) is 0.0292. The Morgan fingerprint density at radius 1 is 1.83 bits per heavy atom. The van der Waals surface area contributed by atoms with Crippen LogP contribution in [0.25, 0.3) is 0 Å². The first-order valence-corrected chi connectivity index (χ1v) is 2.23. The quantitative estimate of drug-likeness (QED) is 0.476. The smallest absolute Gasteiger partial charge is 0.102 e. The lowest BCUT2D eigenvalue weighted by Crippen LogP contribution is -1.64. The first kappa shape index (κ1) is 6.25. The van der Waals surface area contributed by atoms with Crippen LogP contribution in [0, 0.1) is 0 Å². The zero-order chi connectivity index (χ0) is 4.99. The molecule has 0 amide bonds. The third kappa shape index (κ3) is 2.49. The molecule has 0 unspecified atom stereocenters. The Labute approximate surface area is 45.6 Å². The topological polar surface area (TPSA) is 0 Å². The summed E-state index contributed by atoms with van der Waals surface area (Å²) in [6.45, 7) is 0. The molecule has 0 rings (SSSR count). The minimum absolute atomic E-state index is 0.0386. The van der Waals surface area contributed by atoms with Crippen LogP contribution >= 0.6 is 23.2 Å². The summed E-state index contributed by atoms with van der Waals surface area (Å²) in [5.74, 6) is 0.0536. The molecule has 0 saturated carbocycles. The molecule has 0 nitrogen and oxygen atoms in total. The fraction of sp³-hybridized carbons (Fsp3) is 0.333. The van der Waals surface area contributed by atoms with Crippen LogP contribution in [0.1, 0.15) is 0 Å². The maximum atomic E-state index is 11.0. The second-order valence-corrected chi connectivity index (χ2v) is 1.44. The average molecular weight is 129 g/mol. The van der Waals surface area contributed by atoms with Gasteiger partial charge in [0.15, 0.2) is 0 Å². The molecule has 0 spiro atoms. The number of alkyl halides is 1. The van der Waals surface area contributed by atoms with E-state index in [-0.39, 0.29) is 17.2 Å². The number of allylic oxidation sites excluding steroid dienone is 1. The molecule has 0 heterocycles. The van der Waals surface area contributed by atoms with Crippen LogP contribution in [-0.4, -0.2) is 5.88 Å². The van der Waals surface area contributed by atoms with E-state index in [4.69, 9.17) is 23.2 Å². The third-order valence-corrected chi connectivity index (χ3v) is 0.887. The van der Waals surface area contributed by atoms with E-state index in [1.807, 2.05) is 0 Å². The lowest BCUT2D eigenvalue weighted by molar-refractivity contribution is 0.717. The van der Waals surface area contributed by atoms with Crippen molar-refractivity contribution >= 4 is 23.2 Å². The van der Waals surface area contributed by atoms with Gasteiger partial charge in [-0.1, -0.05) is 11.6 Å². The molecule has 0 bridgehead atoms. The van der Waals surface area contributed by atoms with E-state index in [0.717, 1.165) is 0 Å². The zero-order valence-corrected chi connectivity index (χ0v) is 4.43. The van der Waals surface area contributed by atoms with Gasteiger partial charge in [-0.25, -0.2) is 4.39 Å². The van der Waals surface area contributed by atoms with Gasteiger partial charge in [-0.15, -0.1) is 11.6 Å². The van der Waals surface area contributed by atoms with Crippen LogP contribution in [0.5, 0.6) is 0 Å². The van der Waals surface area contributed by atoms with Crippen molar-refractivity contribution in [3.63, 3.8) is 0 Å². The van der Waals surface area contributed by atoms with Gasteiger partial charge in [-0.2, -0.15) is 0 Å². The summed E-state index contributed by atoms with van der Waals surface area (Å²) in [7, 11) is 0. The van der Waals surface area contributed by atoms with Gasteiger partial charge in [0.05, 0.1) is 10.9 Å². The Hall–Kier alpha value is 0.250. The molecule has 0 saturated heterocycles. The minimum atomic E-state index is 0.0386. The standard InChI is InChI=1S/C3H3Cl2F/c4-1-3(5)2-6/h2H,1H2/b3-2+. The van der Waals surface area contributed by atoms with Crippen molar-refractivity contribution in [2.75, 3.05) is 5.88 Å². The summed E-state index contributed by atoms with van der Waals surface area (Å²) >= 11 is 10.0. The minimum Gasteiger partial charge on any atom is -0.214 e. The molecular weight excluding hydrogens is 126 g/mol.